The number of benzene rings is 5. The Hall–Kier alpha value is -5.60. The van der Waals surface area contributed by atoms with Crippen LogP contribution in [0.15, 0.2) is 121 Å². The molecule has 49 heavy (non-hydrogen) atoms. The number of nitriles is 1. The predicted molar refractivity (Wildman–Crippen MR) is 191 cm³/mol. The molecule has 5 aromatic carbocycles. The quantitative estimate of drug-likeness (QED) is 0.193. The summed E-state index contributed by atoms with van der Waals surface area (Å²) < 4.78 is 6.78. The fourth-order valence-electron chi connectivity index (χ4n) is 10.0. The van der Waals surface area contributed by atoms with Gasteiger partial charge in [-0.15, -0.1) is 0 Å². The van der Waals surface area contributed by atoms with Gasteiger partial charge < -0.3 is 4.74 Å². The van der Waals surface area contributed by atoms with E-state index >= 15 is 0 Å². The maximum atomic E-state index is 9.65. The molecule has 4 fully saturated rings. The molecule has 4 saturated carbocycles. The van der Waals surface area contributed by atoms with Gasteiger partial charge in [-0.25, -0.2) is 15.0 Å². The predicted octanol–water partition coefficient (Wildman–Crippen LogP) is 10.3. The molecule has 0 unspecified atom stereocenters. The molecule has 1 aromatic heterocycles. The van der Waals surface area contributed by atoms with Crippen LogP contribution >= 0.6 is 0 Å². The maximum absolute atomic E-state index is 9.65. The molecule has 4 bridgehead atoms. The monoisotopic (exact) mass is 634 g/mol. The van der Waals surface area contributed by atoms with Crippen LogP contribution in [0.1, 0.15) is 48.8 Å². The fraction of sp³-hybridized carbons (Fsp3) is 0.227. The minimum absolute atomic E-state index is 0.00149. The summed E-state index contributed by atoms with van der Waals surface area (Å²) >= 11 is 0. The number of hydrogen-bond acceptors (Lipinski definition) is 5. The van der Waals surface area contributed by atoms with Crippen LogP contribution in [0.3, 0.4) is 0 Å². The first-order chi connectivity index (χ1) is 24.2. The largest absolute Gasteiger partial charge is 0.457 e. The SMILES string of the molecule is N#Cc1ccccc1-c1ccc(-c2nc(-c3ccccc3)nc(-c3ccc4c(c3)Oc3ccccc3C43C4CC5CC(C4)CC3C5)n2)cc1. The molecule has 6 aromatic rings. The van der Waals surface area contributed by atoms with E-state index in [1.165, 1.54) is 43.2 Å². The van der Waals surface area contributed by atoms with Gasteiger partial charge >= 0.3 is 0 Å². The Morgan fingerprint density at radius 2 is 1.08 bits per heavy atom. The highest BCUT2D eigenvalue weighted by molar-refractivity contribution is 5.74. The van der Waals surface area contributed by atoms with E-state index in [2.05, 4.69) is 48.5 Å². The van der Waals surface area contributed by atoms with Gasteiger partial charge in [0.1, 0.15) is 11.5 Å². The highest BCUT2D eigenvalue weighted by Gasteiger charge is 2.61. The van der Waals surface area contributed by atoms with E-state index in [1.807, 2.05) is 78.9 Å². The Labute approximate surface area is 286 Å². The first-order valence-corrected chi connectivity index (χ1v) is 17.5. The number of fused-ring (bicyclic) bond motifs is 2. The van der Waals surface area contributed by atoms with Crippen molar-refractivity contribution in [2.45, 2.75) is 37.5 Å². The van der Waals surface area contributed by atoms with Crippen molar-refractivity contribution in [1.29, 1.82) is 5.26 Å². The van der Waals surface area contributed by atoms with Crippen LogP contribution in [-0.2, 0) is 5.41 Å². The Kier molecular flexibility index (Phi) is 6.36. The minimum Gasteiger partial charge on any atom is -0.457 e. The first kappa shape index (κ1) is 28.4. The van der Waals surface area contributed by atoms with Gasteiger partial charge in [0.15, 0.2) is 17.5 Å². The van der Waals surface area contributed by atoms with Crippen LogP contribution in [0.4, 0.5) is 0 Å². The standard InChI is InChI=1S/C44H34N4O/c45-26-33-10-4-5-11-36(33)29-14-16-31(17-15-29)42-46-41(30-8-2-1-3-9-30)47-43(48-42)32-18-19-38-40(25-32)49-39-13-7-6-12-37(39)44(38)34-21-27-20-28(23-34)24-35(44)22-27/h1-19,25,27-28,34-35H,20-24H2. The molecule has 5 nitrogen and oxygen atoms in total. The van der Waals surface area contributed by atoms with E-state index in [9.17, 15) is 5.26 Å². The highest BCUT2D eigenvalue weighted by atomic mass is 16.5. The minimum atomic E-state index is 0.00149. The molecule has 11 rings (SSSR count). The Balaban J connectivity index is 1.09. The zero-order valence-corrected chi connectivity index (χ0v) is 27.1. The van der Waals surface area contributed by atoms with Crippen molar-refractivity contribution in [3.63, 3.8) is 0 Å². The second-order valence-corrected chi connectivity index (χ2v) is 14.4. The molecular formula is C44H34N4O. The van der Waals surface area contributed by atoms with Gasteiger partial charge in [0.2, 0.25) is 0 Å². The van der Waals surface area contributed by atoms with Crippen molar-refractivity contribution in [1.82, 2.24) is 15.0 Å². The molecular weight excluding hydrogens is 601 g/mol. The Bertz CT molecular complexity index is 2260. The molecule has 4 aliphatic carbocycles. The van der Waals surface area contributed by atoms with Gasteiger partial charge in [0.05, 0.1) is 11.6 Å². The lowest BCUT2D eigenvalue weighted by molar-refractivity contribution is -0.0452. The van der Waals surface area contributed by atoms with Crippen LogP contribution in [0.25, 0.3) is 45.3 Å². The van der Waals surface area contributed by atoms with Gasteiger partial charge in [-0.05, 0) is 85.1 Å². The molecule has 0 amide bonds. The van der Waals surface area contributed by atoms with Crippen molar-refractivity contribution in [2.24, 2.45) is 23.7 Å². The average Bonchev–Trinajstić information content (AvgIpc) is 3.16. The van der Waals surface area contributed by atoms with Crippen molar-refractivity contribution >= 4 is 0 Å². The van der Waals surface area contributed by atoms with Gasteiger partial charge in [0.25, 0.3) is 0 Å². The second-order valence-electron chi connectivity index (χ2n) is 14.4. The number of para-hydroxylation sites is 1. The van der Waals surface area contributed by atoms with Gasteiger partial charge in [-0.3, -0.25) is 0 Å². The van der Waals surface area contributed by atoms with Crippen molar-refractivity contribution < 1.29 is 4.74 Å². The topological polar surface area (TPSA) is 71.7 Å². The first-order valence-electron chi connectivity index (χ1n) is 17.5. The third-order valence-corrected chi connectivity index (χ3v) is 11.8. The zero-order valence-electron chi connectivity index (χ0n) is 27.1. The van der Waals surface area contributed by atoms with Gasteiger partial charge in [-0.1, -0.05) is 103 Å². The van der Waals surface area contributed by atoms with E-state index in [1.54, 1.807) is 0 Å². The Morgan fingerprint density at radius 1 is 0.531 bits per heavy atom. The van der Waals surface area contributed by atoms with Gasteiger partial charge in [-0.2, -0.15) is 5.26 Å². The second kappa shape index (κ2) is 11.0. The van der Waals surface area contributed by atoms with E-state index in [-0.39, 0.29) is 5.41 Å². The summed E-state index contributed by atoms with van der Waals surface area (Å²) in [5, 5.41) is 9.65. The van der Waals surface area contributed by atoms with Crippen LogP contribution in [-0.4, -0.2) is 15.0 Å². The molecule has 5 aliphatic rings. The zero-order chi connectivity index (χ0) is 32.5. The number of ether oxygens (including phenoxy) is 1. The number of aromatic nitrogens is 3. The lowest BCUT2D eigenvalue weighted by Gasteiger charge is -2.63. The molecule has 1 spiro atoms. The summed E-state index contributed by atoms with van der Waals surface area (Å²) in [5.41, 5.74) is 8.00. The van der Waals surface area contributed by atoms with Gasteiger partial charge in [0, 0.05) is 33.2 Å². The highest BCUT2D eigenvalue weighted by Crippen LogP contribution is 2.68. The van der Waals surface area contributed by atoms with Crippen molar-refractivity contribution in [3.8, 4) is 62.9 Å². The van der Waals surface area contributed by atoms with Crippen LogP contribution in [0.5, 0.6) is 11.5 Å². The summed E-state index contributed by atoms with van der Waals surface area (Å²) in [7, 11) is 0. The van der Waals surface area contributed by atoms with E-state index in [0.29, 0.717) is 34.9 Å². The molecule has 0 atom stereocenters. The third-order valence-electron chi connectivity index (χ3n) is 11.8. The summed E-state index contributed by atoms with van der Waals surface area (Å²) in [6.45, 7) is 0. The number of hydrogen-bond donors (Lipinski definition) is 0. The molecule has 0 N–H and O–H groups in total. The van der Waals surface area contributed by atoms with E-state index in [0.717, 1.165) is 51.2 Å². The summed E-state index contributed by atoms with van der Waals surface area (Å²) in [6.07, 6.45) is 6.71. The summed E-state index contributed by atoms with van der Waals surface area (Å²) in [6, 6.07) is 43.7. The smallest absolute Gasteiger partial charge is 0.164 e. The van der Waals surface area contributed by atoms with Crippen LogP contribution in [0.2, 0.25) is 0 Å². The van der Waals surface area contributed by atoms with Crippen molar-refractivity contribution in [3.05, 3.63) is 138 Å². The molecule has 2 heterocycles. The molecule has 1 aliphatic heterocycles. The van der Waals surface area contributed by atoms with Crippen molar-refractivity contribution in [2.75, 3.05) is 0 Å². The molecule has 236 valence electrons. The normalized spacial score (nSPS) is 24.1. The van der Waals surface area contributed by atoms with Crippen LogP contribution in [0, 0.1) is 35.0 Å². The third kappa shape index (κ3) is 4.40. The lowest BCUT2D eigenvalue weighted by Crippen LogP contribution is -2.56. The Morgan fingerprint density at radius 3 is 1.80 bits per heavy atom. The molecule has 0 radical (unpaired) electrons. The number of nitrogens with zero attached hydrogens (tertiary/aromatic N) is 4. The maximum Gasteiger partial charge on any atom is 0.164 e. The fourth-order valence-corrected chi connectivity index (χ4v) is 10.0. The number of rotatable bonds is 4. The van der Waals surface area contributed by atoms with E-state index < -0.39 is 0 Å². The molecule has 0 saturated heterocycles. The molecule has 5 heteroatoms. The average molecular weight is 635 g/mol. The summed E-state index contributed by atoms with van der Waals surface area (Å²) in [4.78, 5) is 15.1. The summed E-state index contributed by atoms with van der Waals surface area (Å²) in [5.74, 6) is 6.83. The lowest BCUT2D eigenvalue weighted by atomic mass is 9.42. The van der Waals surface area contributed by atoms with E-state index in [4.69, 9.17) is 19.7 Å². The van der Waals surface area contributed by atoms with Crippen LogP contribution < -0.4 is 4.74 Å².